The standard InChI is InChI=1S/C25H27N5O/c1-17(2)20-9-11-22(12-10-20)30-18(3)13-23(19(30)4)25(31)28-24-8-6-5-7-21(24)14-29-16-26-15-27-29/h5-13,15-17H,14H2,1-4H3,(H,28,31). The molecular weight excluding hydrogens is 386 g/mol. The molecule has 6 nitrogen and oxygen atoms in total. The lowest BCUT2D eigenvalue weighted by molar-refractivity contribution is 0.102. The molecule has 0 aliphatic carbocycles. The highest BCUT2D eigenvalue weighted by atomic mass is 16.1. The molecule has 0 fully saturated rings. The molecule has 0 aliphatic heterocycles. The van der Waals surface area contributed by atoms with Crippen molar-refractivity contribution in [2.45, 2.75) is 40.2 Å². The van der Waals surface area contributed by atoms with E-state index in [1.165, 1.54) is 11.9 Å². The highest BCUT2D eigenvalue weighted by Crippen LogP contribution is 2.24. The first kappa shape index (κ1) is 20.6. The summed E-state index contributed by atoms with van der Waals surface area (Å²) in [6.07, 6.45) is 3.17. The van der Waals surface area contributed by atoms with Crippen molar-refractivity contribution in [3.63, 3.8) is 0 Å². The van der Waals surface area contributed by atoms with E-state index in [-0.39, 0.29) is 5.91 Å². The maximum Gasteiger partial charge on any atom is 0.257 e. The van der Waals surface area contributed by atoms with Gasteiger partial charge in [0, 0.05) is 22.8 Å². The quantitative estimate of drug-likeness (QED) is 0.478. The predicted molar refractivity (Wildman–Crippen MR) is 123 cm³/mol. The summed E-state index contributed by atoms with van der Waals surface area (Å²) in [6, 6.07) is 18.2. The van der Waals surface area contributed by atoms with E-state index in [4.69, 9.17) is 0 Å². The van der Waals surface area contributed by atoms with E-state index >= 15 is 0 Å². The Bertz CT molecular complexity index is 1190. The zero-order valence-electron chi connectivity index (χ0n) is 18.3. The summed E-state index contributed by atoms with van der Waals surface area (Å²) in [5.74, 6) is 0.365. The number of para-hydroxylation sites is 1. The minimum Gasteiger partial charge on any atom is -0.322 e. The molecule has 2 aromatic heterocycles. The second-order valence-corrected chi connectivity index (χ2v) is 8.07. The molecule has 4 rings (SSSR count). The first-order valence-electron chi connectivity index (χ1n) is 10.4. The van der Waals surface area contributed by atoms with Gasteiger partial charge in [-0.3, -0.25) is 4.79 Å². The summed E-state index contributed by atoms with van der Waals surface area (Å²) in [5, 5.41) is 7.24. The number of carbonyl (C=O) groups excluding carboxylic acids is 1. The highest BCUT2D eigenvalue weighted by molar-refractivity contribution is 6.05. The Balaban J connectivity index is 1.60. The van der Waals surface area contributed by atoms with Gasteiger partial charge in [0.2, 0.25) is 0 Å². The summed E-state index contributed by atoms with van der Waals surface area (Å²) in [6.45, 7) is 8.92. The van der Waals surface area contributed by atoms with Crippen LogP contribution in [-0.2, 0) is 6.54 Å². The van der Waals surface area contributed by atoms with Crippen molar-refractivity contribution in [3.05, 3.63) is 95.3 Å². The van der Waals surface area contributed by atoms with Crippen molar-refractivity contribution in [1.82, 2.24) is 19.3 Å². The van der Waals surface area contributed by atoms with Gasteiger partial charge >= 0.3 is 0 Å². The molecule has 0 spiro atoms. The molecule has 31 heavy (non-hydrogen) atoms. The van der Waals surface area contributed by atoms with Crippen LogP contribution < -0.4 is 5.32 Å². The Hall–Kier alpha value is -3.67. The van der Waals surface area contributed by atoms with Gasteiger partial charge in [0.25, 0.3) is 5.91 Å². The maximum atomic E-state index is 13.2. The summed E-state index contributed by atoms with van der Waals surface area (Å²) >= 11 is 0. The lowest BCUT2D eigenvalue weighted by atomic mass is 10.0. The lowest BCUT2D eigenvalue weighted by Gasteiger charge is -2.13. The van der Waals surface area contributed by atoms with Gasteiger partial charge in [-0.25, -0.2) is 9.67 Å². The fourth-order valence-corrected chi connectivity index (χ4v) is 3.86. The van der Waals surface area contributed by atoms with Crippen LogP contribution in [0.25, 0.3) is 5.69 Å². The summed E-state index contributed by atoms with van der Waals surface area (Å²) < 4.78 is 3.86. The second-order valence-electron chi connectivity index (χ2n) is 8.07. The van der Waals surface area contributed by atoms with Crippen molar-refractivity contribution >= 4 is 11.6 Å². The number of aryl methyl sites for hydroxylation is 1. The average molecular weight is 414 g/mol. The fourth-order valence-electron chi connectivity index (χ4n) is 3.86. The van der Waals surface area contributed by atoms with Gasteiger partial charge in [0.1, 0.15) is 12.7 Å². The van der Waals surface area contributed by atoms with E-state index in [9.17, 15) is 4.79 Å². The molecule has 4 aromatic rings. The largest absolute Gasteiger partial charge is 0.322 e. The zero-order chi connectivity index (χ0) is 22.0. The molecule has 2 aromatic carbocycles. The number of benzene rings is 2. The SMILES string of the molecule is Cc1cc(C(=O)Nc2ccccc2Cn2cncn2)c(C)n1-c1ccc(C(C)C)cc1. The molecule has 158 valence electrons. The van der Waals surface area contributed by atoms with Crippen LogP contribution in [0.2, 0.25) is 0 Å². The molecule has 0 atom stereocenters. The topological polar surface area (TPSA) is 64.7 Å². The Morgan fingerprint density at radius 1 is 1.06 bits per heavy atom. The number of carbonyl (C=O) groups is 1. The minimum absolute atomic E-state index is 0.121. The molecule has 1 amide bonds. The van der Waals surface area contributed by atoms with E-state index in [0.29, 0.717) is 18.0 Å². The molecule has 0 radical (unpaired) electrons. The second kappa shape index (κ2) is 8.60. The Morgan fingerprint density at radius 3 is 2.48 bits per heavy atom. The van der Waals surface area contributed by atoms with Gasteiger partial charge in [-0.1, -0.05) is 44.2 Å². The van der Waals surface area contributed by atoms with Gasteiger partial charge in [-0.15, -0.1) is 0 Å². The Kier molecular flexibility index (Phi) is 5.71. The van der Waals surface area contributed by atoms with Gasteiger partial charge in [0.05, 0.1) is 12.1 Å². The molecule has 0 saturated heterocycles. The number of hydrogen-bond acceptors (Lipinski definition) is 3. The van der Waals surface area contributed by atoms with Crippen molar-refractivity contribution in [2.75, 3.05) is 5.32 Å². The minimum atomic E-state index is -0.121. The highest BCUT2D eigenvalue weighted by Gasteiger charge is 2.18. The van der Waals surface area contributed by atoms with Crippen LogP contribution in [0.1, 0.15) is 52.6 Å². The Morgan fingerprint density at radius 2 is 1.81 bits per heavy atom. The van der Waals surface area contributed by atoms with Crippen LogP contribution in [-0.4, -0.2) is 25.2 Å². The van der Waals surface area contributed by atoms with E-state index < -0.39 is 0 Å². The maximum absolute atomic E-state index is 13.2. The van der Waals surface area contributed by atoms with E-state index in [1.807, 2.05) is 44.2 Å². The van der Waals surface area contributed by atoms with Gasteiger partial charge < -0.3 is 9.88 Å². The average Bonchev–Trinajstić information content (AvgIpc) is 3.37. The number of hydrogen-bond donors (Lipinski definition) is 1. The van der Waals surface area contributed by atoms with Gasteiger partial charge in [-0.05, 0) is 55.2 Å². The molecule has 0 bridgehead atoms. The summed E-state index contributed by atoms with van der Waals surface area (Å²) in [7, 11) is 0. The first-order valence-corrected chi connectivity index (χ1v) is 10.4. The van der Waals surface area contributed by atoms with Gasteiger partial charge in [0.15, 0.2) is 0 Å². The normalized spacial score (nSPS) is 11.1. The van der Waals surface area contributed by atoms with E-state index in [2.05, 4.69) is 58.1 Å². The summed E-state index contributed by atoms with van der Waals surface area (Å²) in [4.78, 5) is 17.2. The predicted octanol–water partition coefficient (Wildman–Crippen LogP) is 5.11. The van der Waals surface area contributed by atoms with Crippen molar-refractivity contribution in [1.29, 1.82) is 0 Å². The van der Waals surface area contributed by atoms with Crippen molar-refractivity contribution < 1.29 is 4.79 Å². The number of aromatic nitrogens is 4. The number of nitrogens with zero attached hydrogens (tertiary/aromatic N) is 4. The lowest BCUT2D eigenvalue weighted by Crippen LogP contribution is -2.15. The zero-order valence-corrected chi connectivity index (χ0v) is 18.3. The van der Waals surface area contributed by atoms with Crippen molar-refractivity contribution in [3.8, 4) is 5.69 Å². The fraction of sp³-hybridized carbons (Fsp3) is 0.240. The number of rotatable bonds is 6. The summed E-state index contributed by atoms with van der Waals surface area (Å²) in [5.41, 5.74) is 6.71. The van der Waals surface area contributed by atoms with Crippen LogP contribution in [0.15, 0.2) is 67.3 Å². The molecule has 6 heteroatoms. The van der Waals surface area contributed by atoms with E-state index in [0.717, 1.165) is 28.3 Å². The van der Waals surface area contributed by atoms with Crippen molar-refractivity contribution in [2.24, 2.45) is 0 Å². The van der Waals surface area contributed by atoms with E-state index in [1.54, 1.807) is 11.0 Å². The third kappa shape index (κ3) is 4.28. The molecule has 0 unspecified atom stereocenters. The number of amides is 1. The third-order valence-electron chi connectivity index (χ3n) is 5.56. The molecule has 0 saturated carbocycles. The van der Waals surface area contributed by atoms with Crippen LogP contribution in [0, 0.1) is 13.8 Å². The number of nitrogens with one attached hydrogen (secondary N) is 1. The van der Waals surface area contributed by atoms with Gasteiger partial charge in [-0.2, -0.15) is 5.10 Å². The van der Waals surface area contributed by atoms with Crippen LogP contribution in [0.3, 0.4) is 0 Å². The van der Waals surface area contributed by atoms with Crippen LogP contribution in [0.4, 0.5) is 5.69 Å². The van der Waals surface area contributed by atoms with Crippen LogP contribution in [0.5, 0.6) is 0 Å². The Labute approximate surface area is 182 Å². The third-order valence-corrected chi connectivity index (χ3v) is 5.56. The molecule has 2 heterocycles. The molecule has 0 aliphatic rings. The molecular formula is C25H27N5O. The molecule has 1 N–H and O–H groups in total. The van der Waals surface area contributed by atoms with Crippen LogP contribution >= 0.6 is 0 Å². The smallest absolute Gasteiger partial charge is 0.257 e. The first-order chi connectivity index (χ1) is 14.9. The monoisotopic (exact) mass is 413 g/mol. The number of anilines is 1.